The fourth-order valence-electron chi connectivity index (χ4n) is 3.60. The van der Waals surface area contributed by atoms with Crippen LogP contribution in [-0.2, 0) is 0 Å². The molecule has 100 valence electrons. The van der Waals surface area contributed by atoms with Crippen LogP contribution in [0, 0.1) is 5.41 Å². The van der Waals surface area contributed by atoms with Gasteiger partial charge in [0.2, 0.25) is 0 Å². The Balaban J connectivity index is 1.97. The van der Waals surface area contributed by atoms with Crippen molar-refractivity contribution in [2.24, 2.45) is 5.41 Å². The lowest BCUT2D eigenvalue weighted by Gasteiger charge is -2.48. The van der Waals surface area contributed by atoms with Crippen LogP contribution in [0.5, 0.6) is 0 Å². The third kappa shape index (κ3) is 3.23. The summed E-state index contributed by atoms with van der Waals surface area (Å²) in [6.07, 6.45) is 6.89. The van der Waals surface area contributed by atoms with Crippen LogP contribution in [0.25, 0.3) is 0 Å². The normalized spacial score (nSPS) is 39.2. The summed E-state index contributed by atoms with van der Waals surface area (Å²) >= 11 is 0. The minimum atomic E-state index is 0.347. The SMILES string of the molecule is CCC1(C)CN(C2CCCC(C)(C)C2)CCN1. The van der Waals surface area contributed by atoms with Crippen LogP contribution >= 0.6 is 0 Å². The molecule has 1 aliphatic carbocycles. The lowest BCUT2D eigenvalue weighted by molar-refractivity contribution is 0.0470. The maximum atomic E-state index is 3.69. The van der Waals surface area contributed by atoms with Crippen LogP contribution in [-0.4, -0.2) is 36.1 Å². The van der Waals surface area contributed by atoms with E-state index < -0.39 is 0 Å². The van der Waals surface area contributed by atoms with Crippen molar-refractivity contribution in [1.82, 2.24) is 10.2 Å². The van der Waals surface area contributed by atoms with Gasteiger partial charge in [0, 0.05) is 31.2 Å². The van der Waals surface area contributed by atoms with E-state index in [0.29, 0.717) is 11.0 Å². The van der Waals surface area contributed by atoms with Gasteiger partial charge in [-0.05, 0) is 38.0 Å². The largest absolute Gasteiger partial charge is 0.309 e. The predicted octanol–water partition coefficient (Wildman–Crippen LogP) is 3.03. The van der Waals surface area contributed by atoms with E-state index in [1.807, 2.05) is 0 Å². The highest BCUT2D eigenvalue weighted by atomic mass is 15.2. The van der Waals surface area contributed by atoms with E-state index in [9.17, 15) is 0 Å². The Labute approximate surface area is 107 Å². The molecule has 0 bridgehead atoms. The molecule has 2 atom stereocenters. The van der Waals surface area contributed by atoms with E-state index in [1.54, 1.807) is 0 Å². The van der Waals surface area contributed by atoms with Gasteiger partial charge in [-0.3, -0.25) is 4.90 Å². The second kappa shape index (κ2) is 4.89. The Bertz CT molecular complexity index is 262. The fraction of sp³-hybridized carbons (Fsp3) is 1.00. The van der Waals surface area contributed by atoms with Gasteiger partial charge in [-0.1, -0.05) is 27.2 Å². The highest BCUT2D eigenvalue weighted by molar-refractivity contribution is 4.94. The van der Waals surface area contributed by atoms with Crippen molar-refractivity contribution in [1.29, 1.82) is 0 Å². The summed E-state index contributed by atoms with van der Waals surface area (Å²) in [6, 6.07) is 0.840. The van der Waals surface area contributed by atoms with Crippen molar-refractivity contribution >= 4 is 0 Å². The van der Waals surface area contributed by atoms with Crippen molar-refractivity contribution in [2.45, 2.75) is 71.4 Å². The van der Waals surface area contributed by atoms with Gasteiger partial charge in [-0.25, -0.2) is 0 Å². The molecule has 0 spiro atoms. The topological polar surface area (TPSA) is 15.3 Å². The summed E-state index contributed by atoms with van der Waals surface area (Å²) in [5, 5.41) is 3.69. The van der Waals surface area contributed by atoms with Crippen LogP contribution in [0.15, 0.2) is 0 Å². The molecular weight excluding hydrogens is 208 g/mol. The van der Waals surface area contributed by atoms with Crippen molar-refractivity contribution in [3.05, 3.63) is 0 Å². The molecule has 2 aliphatic rings. The lowest BCUT2D eigenvalue weighted by atomic mass is 9.74. The van der Waals surface area contributed by atoms with Gasteiger partial charge in [0.15, 0.2) is 0 Å². The monoisotopic (exact) mass is 238 g/mol. The van der Waals surface area contributed by atoms with Crippen molar-refractivity contribution in [2.75, 3.05) is 19.6 Å². The average molecular weight is 238 g/mol. The average Bonchev–Trinajstić information content (AvgIpc) is 2.28. The number of nitrogens with one attached hydrogen (secondary N) is 1. The molecule has 0 aromatic rings. The van der Waals surface area contributed by atoms with Gasteiger partial charge in [0.05, 0.1) is 0 Å². The van der Waals surface area contributed by atoms with Crippen LogP contribution in [0.1, 0.15) is 59.8 Å². The predicted molar refractivity (Wildman–Crippen MR) is 74.3 cm³/mol. The highest BCUT2D eigenvalue weighted by Crippen LogP contribution is 2.38. The molecule has 2 fully saturated rings. The number of hydrogen-bond donors (Lipinski definition) is 1. The first-order valence-electron chi connectivity index (χ1n) is 7.43. The van der Waals surface area contributed by atoms with E-state index in [4.69, 9.17) is 0 Å². The van der Waals surface area contributed by atoms with Gasteiger partial charge < -0.3 is 5.32 Å². The maximum absolute atomic E-state index is 3.69. The summed E-state index contributed by atoms with van der Waals surface area (Å²) < 4.78 is 0. The number of piperazine rings is 1. The molecule has 2 heteroatoms. The third-order valence-corrected chi connectivity index (χ3v) is 4.98. The molecular formula is C15H30N2. The smallest absolute Gasteiger partial charge is 0.0278 e. The first-order valence-corrected chi connectivity index (χ1v) is 7.43. The van der Waals surface area contributed by atoms with Crippen molar-refractivity contribution in [3.8, 4) is 0 Å². The molecule has 0 radical (unpaired) electrons. The van der Waals surface area contributed by atoms with Crippen LogP contribution in [0.4, 0.5) is 0 Å². The van der Waals surface area contributed by atoms with E-state index in [-0.39, 0.29) is 0 Å². The van der Waals surface area contributed by atoms with Gasteiger partial charge in [-0.15, -0.1) is 0 Å². The molecule has 2 rings (SSSR count). The summed E-state index contributed by atoms with van der Waals surface area (Å²) in [6.45, 7) is 13.2. The standard InChI is InChI=1S/C15H30N2/c1-5-15(4)12-17(10-9-16-15)13-7-6-8-14(2,3)11-13/h13,16H,5-12H2,1-4H3. The molecule has 17 heavy (non-hydrogen) atoms. The van der Waals surface area contributed by atoms with E-state index in [2.05, 4.69) is 37.9 Å². The summed E-state index contributed by atoms with van der Waals surface area (Å²) in [5.41, 5.74) is 0.913. The van der Waals surface area contributed by atoms with Crippen LogP contribution in [0.3, 0.4) is 0 Å². The zero-order valence-corrected chi connectivity index (χ0v) is 12.2. The molecule has 0 amide bonds. The van der Waals surface area contributed by atoms with Crippen molar-refractivity contribution in [3.63, 3.8) is 0 Å². The van der Waals surface area contributed by atoms with E-state index in [0.717, 1.165) is 6.04 Å². The molecule has 1 saturated heterocycles. The number of rotatable bonds is 2. The third-order valence-electron chi connectivity index (χ3n) is 4.98. The molecule has 0 aromatic carbocycles. The Morgan fingerprint density at radius 1 is 1.29 bits per heavy atom. The second-order valence-electron chi connectivity index (χ2n) is 7.23. The molecule has 1 N–H and O–H groups in total. The zero-order valence-electron chi connectivity index (χ0n) is 12.2. The second-order valence-corrected chi connectivity index (χ2v) is 7.23. The number of nitrogens with zero attached hydrogens (tertiary/aromatic N) is 1. The molecule has 0 aromatic heterocycles. The van der Waals surface area contributed by atoms with Crippen molar-refractivity contribution < 1.29 is 0 Å². The first-order chi connectivity index (χ1) is 7.94. The fourth-order valence-corrected chi connectivity index (χ4v) is 3.60. The van der Waals surface area contributed by atoms with Gasteiger partial charge in [0.25, 0.3) is 0 Å². The molecule has 1 heterocycles. The summed E-state index contributed by atoms with van der Waals surface area (Å²) in [4.78, 5) is 2.76. The Kier molecular flexibility index (Phi) is 3.84. The quantitative estimate of drug-likeness (QED) is 0.795. The summed E-state index contributed by atoms with van der Waals surface area (Å²) in [7, 11) is 0. The van der Waals surface area contributed by atoms with E-state index >= 15 is 0 Å². The molecule has 2 nitrogen and oxygen atoms in total. The molecule has 2 unspecified atom stereocenters. The summed E-state index contributed by atoms with van der Waals surface area (Å²) in [5.74, 6) is 0. The van der Waals surface area contributed by atoms with Gasteiger partial charge >= 0.3 is 0 Å². The minimum absolute atomic E-state index is 0.347. The van der Waals surface area contributed by atoms with E-state index in [1.165, 1.54) is 51.7 Å². The Hall–Kier alpha value is -0.0800. The number of hydrogen-bond acceptors (Lipinski definition) is 2. The highest BCUT2D eigenvalue weighted by Gasteiger charge is 2.36. The molecule has 1 saturated carbocycles. The molecule has 1 aliphatic heterocycles. The lowest BCUT2D eigenvalue weighted by Crippen LogP contribution is -2.61. The van der Waals surface area contributed by atoms with Gasteiger partial charge in [0.1, 0.15) is 0 Å². The van der Waals surface area contributed by atoms with Crippen LogP contribution < -0.4 is 5.32 Å². The Morgan fingerprint density at radius 2 is 2.06 bits per heavy atom. The van der Waals surface area contributed by atoms with Crippen LogP contribution in [0.2, 0.25) is 0 Å². The maximum Gasteiger partial charge on any atom is 0.0278 e. The zero-order chi connectivity index (χ0) is 12.5. The minimum Gasteiger partial charge on any atom is -0.309 e. The van der Waals surface area contributed by atoms with Gasteiger partial charge in [-0.2, -0.15) is 0 Å². The Morgan fingerprint density at radius 3 is 2.71 bits per heavy atom. The first kappa shape index (κ1) is 13.4.